The summed E-state index contributed by atoms with van der Waals surface area (Å²) in [4.78, 5) is 17.0. The third-order valence-electron chi connectivity index (χ3n) is 4.15. The van der Waals surface area contributed by atoms with Crippen molar-refractivity contribution < 1.29 is 4.79 Å². The predicted octanol–water partition coefficient (Wildman–Crippen LogP) is 5.30. The molecule has 0 bridgehead atoms. The first-order valence-electron chi connectivity index (χ1n) is 7.86. The molecule has 122 valence electrons. The van der Waals surface area contributed by atoms with Crippen molar-refractivity contribution in [1.82, 2.24) is 4.98 Å². The SMILES string of the molecule is Cc1ccc(C(=O)Nc2nc(-c3ccc(C)c(C)c3)cs2)c(C)c1. The smallest absolute Gasteiger partial charge is 0.257 e. The molecular formula is C20H20N2OS. The van der Waals surface area contributed by atoms with Crippen LogP contribution in [-0.4, -0.2) is 10.9 Å². The van der Waals surface area contributed by atoms with Gasteiger partial charge in [0.25, 0.3) is 5.91 Å². The molecule has 4 heteroatoms. The molecule has 1 heterocycles. The number of amides is 1. The average molecular weight is 336 g/mol. The Balaban J connectivity index is 1.80. The van der Waals surface area contributed by atoms with Crippen LogP contribution in [0, 0.1) is 27.7 Å². The van der Waals surface area contributed by atoms with E-state index in [1.54, 1.807) is 0 Å². The molecule has 0 spiro atoms. The molecule has 1 amide bonds. The van der Waals surface area contributed by atoms with Gasteiger partial charge in [-0.25, -0.2) is 4.98 Å². The third kappa shape index (κ3) is 3.39. The Morgan fingerprint density at radius 1 is 0.958 bits per heavy atom. The van der Waals surface area contributed by atoms with E-state index in [-0.39, 0.29) is 5.91 Å². The molecule has 24 heavy (non-hydrogen) atoms. The van der Waals surface area contributed by atoms with Crippen LogP contribution in [0.15, 0.2) is 41.8 Å². The van der Waals surface area contributed by atoms with E-state index < -0.39 is 0 Å². The van der Waals surface area contributed by atoms with E-state index >= 15 is 0 Å². The van der Waals surface area contributed by atoms with E-state index in [1.807, 2.05) is 37.4 Å². The summed E-state index contributed by atoms with van der Waals surface area (Å²) in [5.41, 5.74) is 7.26. The van der Waals surface area contributed by atoms with Crippen LogP contribution < -0.4 is 5.32 Å². The van der Waals surface area contributed by atoms with E-state index in [9.17, 15) is 4.79 Å². The zero-order chi connectivity index (χ0) is 17.3. The molecule has 3 rings (SSSR count). The van der Waals surface area contributed by atoms with Crippen LogP contribution in [-0.2, 0) is 0 Å². The maximum Gasteiger partial charge on any atom is 0.257 e. The average Bonchev–Trinajstić information content (AvgIpc) is 2.98. The van der Waals surface area contributed by atoms with Crippen LogP contribution >= 0.6 is 11.3 Å². The fraction of sp³-hybridized carbons (Fsp3) is 0.200. The second-order valence-electron chi connectivity index (χ2n) is 6.11. The van der Waals surface area contributed by atoms with Crippen LogP contribution in [0.2, 0.25) is 0 Å². The lowest BCUT2D eigenvalue weighted by Crippen LogP contribution is -2.13. The molecule has 2 aromatic carbocycles. The second-order valence-corrected chi connectivity index (χ2v) is 6.97. The van der Waals surface area contributed by atoms with Crippen LogP contribution in [0.3, 0.4) is 0 Å². The number of hydrogen-bond acceptors (Lipinski definition) is 3. The van der Waals surface area contributed by atoms with Crippen molar-refractivity contribution in [2.45, 2.75) is 27.7 Å². The first-order valence-corrected chi connectivity index (χ1v) is 8.74. The monoisotopic (exact) mass is 336 g/mol. The summed E-state index contributed by atoms with van der Waals surface area (Å²) < 4.78 is 0. The quantitative estimate of drug-likeness (QED) is 0.705. The van der Waals surface area contributed by atoms with Gasteiger partial charge in [0.15, 0.2) is 5.13 Å². The largest absolute Gasteiger partial charge is 0.298 e. The highest BCUT2D eigenvalue weighted by Gasteiger charge is 2.12. The van der Waals surface area contributed by atoms with Crippen LogP contribution in [0.25, 0.3) is 11.3 Å². The fourth-order valence-electron chi connectivity index (χ4n) is 2.60. The molecule has 1 aromatic heterocycles. The van der Waals surface area contributed by atoms with Crippen LogP contribution in [0.5, 0.6) is 0 Å². The van der Waals surface area contributed by atoms with Gasteiger partial charge in [0.1, 0.15) is 0 Å². The number of nitrogens with one attached hydrogen (secondary N) is 1. The highest BCUT2D eigenvalue weighted by molar-refractivity contribution is 7.14. The number of carbonyl (C=O) groups is 1. The molecule has 3 nitrogen and oxygen atoms in total. The molecule has 0 saturated carbocycles. The molecule has 0 radical (unpaired) electrons. The van der Waals surface area contributed by atoms with E-state index in [1.165, 1.54) is 22.5 Å². The van der Waals surface area contributed by atoms with E-state index in [0.717, 1.165) is 22.4 Å². The first-order chi connectivity index (χ1) is 11.4. The third-order valence-corrected chi connectivity index (χ3v) is 4.91. The van der Waals surface area contributed by atoms with E-state index in [2.05, 4.69) is 42.3 Å². The normalized spacial score (nSPS) is 10.7. The van der Waals surface area contributed by atoms with Gasteiger partial charge in [-0.3, -0.25) is 10.1 Å². The Kier molecular flexibility index (Phi) is 4.49. The minimum Gasteiger partial charge on any atom is -0.298 e. The van der Waals surface area contributed by atoms with Gasteiger partial charge in [-0.1, -0.05) is 29.8 Å². The maximum atomic E-state index is 12.4. The van der Waals surface area contributed by atoms with Gasteiger partial charge in [0.2, 0.25) is 0 Å². The van der Waals surface area contributed by atoms with Crippen molar-refractivity contribution in [3.05, 3.63) is 69.6 Å². The van der Waals surface area contributed by atoms with Crippen molar-refractivity contribution in [2.24, 2.45) is 0 Å². The minimum atomic E-state index is -0.117. The van der Waals surface area contributed by atoms with Crippen molar-refractivity contribution in [2.75, 3.05) is 5.32 Å². The lowest BCUT2D eigenvalue weighted by Gasteiger charge is -2.06. The lowest BCUT2D eigenvalue weighted by molar-refractivity contribution is 0.102. The van der Waals surface area contributed by atoms with Crippen LogP contribution in [0.4, 0.5) is 5.13 Å². The van der Waals surface area contributed by atoms with Gasteiger partial charge >= 0.3 is 0 Å². The van der Waals surface area contributed by atoms with Gasteiger partial charge in [-0.2, -0.15) is 0 Å². The lowest BCUT2D eigenvalue weighted by atomic mass is 10.1. The number of hydrogen-bond donors (Lipinski definition) is 1. The molecular weight excluding hydrogens is 316 g/mol. The Morgan fingerprint density at radius 3 is 2.46 bits per heavy atom. The number of anilines is 1. The zero-order valence-corrected chi connectivity index (χ0v) is 15.1. The van der Waals surface area contributed by atoms with Crippen molar-refractivity contribution >= 4 is 22.4 Å². The Hall–Kier alpha value is -2.46. The topological polar surface area (TPSA) is 42.0 Å². The summed E-state index contributed by atoms with van der Waals surface area (Å²) in [5, 5.41) is 5.50. The highest BCUT2D eigenvalue weighted by atomic mass is 32.1. The standard InChI is InChI=1S/C20H20N2OS/c1-12-5-8-17(15(4)9-12)19(23)22-20-21-18(11-24-20)16-7-6-13(2)14(3)10-16/h5-11H,1-4H3,(H,21,22,23). The molecule has 0 aliphatic rings. The molecule has 0 aliphatic carbocycles. The Morgan fingerprint density at radius 2 is 1.75 bits per heavy atom. The van der Waals surface area contributed by atoms with Gasteiger partial charge in [-0.05, 0) is 56.5 Å². The molecule has 3 aromatic rings. The number of benzene rings is 2. The van der Waals surface area contributed by atoms with Crippen molar-refractivity contribution in [1.29, 1.82) is 0 Å². The van der Waals surface area contributed by atoms with Gasteiger partial charge < -0.3 is 0 Å². The summed E-state index contributed by atoms with van der Waals surface area (Å²) in [6.07, 6.45) is 0. The molecule has 0 fully saturated rings. The Bertz CT molecular complexity index is 912. The summed E-state index contributed by atoms with van der Waals surface area (Å²) in [7, 11) is 0. The maximum absolute atomic E-state index is 12.4. The van der Waals surface area contributed by atoms with Crippen LogP contribution in [0.1, 0.15) is 32.6 Å². The van der Waals surface area contributed by atoms with Crippen molar-refractivity contribution in [3.63, 3.8) is 0 Å². The second kappa shape index (κ2) is 6.57. The number of aryl methyl sites for hydroxylation is 4. The number of carbonyl (C=O) groups excluding carboxylic acids is 1. The number of aromatic nitrogens is 1. The minimum absolute atomic E-state index is 0.117. The molecule has 1 N–H and O–H groups in total. The Labute approximate surface area is 146 Å². The predicted molar refractivity (Wildman–Crippen MR) is 101 cm³/mol. The van der Waals surface area contributed by atoms with Gasteiger partial charge in [-0.15, -0.1) is 11.3 Å². The fourth-order valence-corrected chi connectivity index (χ4v) is 3.31. The summed E-state index contributed by atoms with van der Waals surface area (Å²) in [6.45, 7) is 8.15. The molecule has 0 saturated heterocycles. The highest BCUT2D eigenvalue weighted by Crippen LogP contribution is 2.27. The summed E-state index contributed by atoms with van der Waals surface area (Å²) in [6, 6.07) is 12.1. The molecule has 0 aliphatic heterocycles. The molecule has 0 atom stereocenters. The number of thiazole rings is 1. The molecule has 0 unspecified atom stereocenters. The van der Waals surface area contributed by atoms with E-state index in [0.29, 0.717) is 10.7 Å². The zero-order valence-electron chi connectivity index (χ0n) is 14.3. The van der Waals surface area contributed by atoms with Crippen molar-refractivity contribution in [3.8, 4) is 11.3 Å². The van der Waals surface area contributed by atoms with E-state index in [4.69, 9.17) is 0 Å². The summed E-state index contributed by atoms with van der Waals surface area (Å²) in [5.74, 6) is -0.117. The summed E-state index contributed by atoms with van der Waals surface area (Å²) >= 11 is 1.44. The van der Waals surface area contributed by atoms with Gasteiger partial charge in [0.05, 0.1) is 5.69 Å². The number of rotatable bonds is 3. The number of nitrogens with zero attached hydrogens (tertiary/aromatic N) is 1. The van der Waals surface area contributed by atoms with Gasteiger partial charge in [0, 0.05) is 16.5 Å². The first kappa shape index (κ1) is 16.4.